The van der Waals surface area contributed by atoms with Crippen LogP contribution in [-0.2, 0) is 0 Å². The second-order valence-corrected chi connectivity index (χ2v) is 2.91. The second-order valence-electron chi connectivity index (χ2n) is 2.56. The lowest BCUT2D eigenvalue weighted by Gasteiger charge is -2.13. The summed E-state index contributed by atoms with van der Waals surface area (Å²) in [6.45, 7) is 5.60. The van der Waals surface area contributed by atoms with Gasteiger partial charge in [0.05, 0.1) is 0 Å². The summed E-state index contributed by atoms with van der Waals surface area (Å²) in [5.41, 5.74) is 0. The van der Waals surface area contributed by atoms with E-state index in [1.54, 1.807) is 0 Å². The highest BCUT2D eigenvalue weighted by atomic mass is 32.1. The molecule has 0 saturated heterocycles. The van der Waals surface area contributed by atoms with Crippen LogP contribution in [0.4, 0.5) is 5.95 Å². The van der Waals surface area contributed by atoms with Gasteiger partial charge in [0.25, 0.3) is 5.95 Å². The van der Waals surface area contributed by atoms with Crippen molar-refractivity contribution < 1.29 is 4.52 Å². The Hall–Kier alpha value is -0.920. The lowest BCUT2D eigenvalue weighted by Crippen LogP contribution is -2.34. The van der Waals surface area contributed by atoms with Gasteiger partial charge in [-0.05, 0) is 32.2 Å². The molecule has 6 nitrogen and oxygen atoms in total. The van der Waals surface area contributed by atoms with E-state index in [-0.39, 0.29) is 4.84 Å². The van der Waals surface area contributed by atoms with Crippen molar-refractivity contribution in [2.75, 3.05) is 25.1 Å². The number of hydrogen-bond acceptors (Lipinski definition) is 6. The molecule has 0 bridgehead atoms. The first-order valence-electron chi connectivity index (χ1n) is 4.96. The zero-order valence-electron chi connectivity index (χ0n) is 9.41. The van der Waals surface area contributed by atoms with Crippen LogP contribution in [0.25, 0.3) is 0 Å². The Kier molecular flexibility index (Phi) is 7.88. The molecule has 0 atom stereocenters. The number of hydrazine groups is 1. The number of nitrogens with two attached hydrogens (primary N) is 1. The molecular formula is C8H19N5OS. The van der Waals surface area contributed by atoms with Gasteiger partial charge >= 0.3 is 4.84 Å². The minimum absolute atomic E-state index is 0.166. The van der Waals surface area contributed by atoms with Crippen LogP contribution < -0.4 is 16.2 Å². The van der Waals surface area contributed by atoms with Crippen LogP contribution >= 0.6 is 12.2 Å². The molecule has 88 valence electrons. The SMILES string of the molecule is CC.CNCCCN(N)c1nc(=S)o[nH]1. The Morgan fingerprint density at radius 1 is 1.60 bits per heavy atom. The summed E-state index contributed by atoms with van der Waals surface area (Å²) in [5.74, 6) is 6.11. The quantitative estimate of drug-likeness (QED) is 0.305. The number of nitrogens with one attached hydrogen (secondary N) is 2. The van der Waals surface area contributed by atoms with E-state index in [1.807, 2.05) is 20.9 Å². The summed E-state index contributed by atoms with van der Waals surface area (Å²) in [7, 11) is 1.89. The van der Waals surface area contributed by atoms with E-state index < -0.39 is 0 Å². The molecule has 0 aliphatic heterocycles. The summed E-state index contributed by atoms with van der Waals surface area (Å²) < 4.78 is 4.73. The average molecular weight is 233 g/mol. The van der Waals surface area contributed by atoms with E-state index in [9.17, 15) is 0 Å². The zero-order valence-corrected chi connectivity index (χ0v) is 10.2. The van der Waals surface area contributed by atoms with Crippen molar-refractivity contribution in [2.45, 2.75) is 20.3 Å². The molecular weight excluding hydrogens is 214 g/mol. The summed E-state index contributed by atoms with van der Waals surface area (Å²) in [5, 5.41) is 7.01. The van der Waals surface area contributed by atoms with Crippen LogP contribution in [0.5, 0.6) is 0 Å². The summed E-state index contributed by atoms with van der Waals surface area (Å²) in [6.07, 6.45) is 0.931. The van der Waals surface area contributed by atoms with Crippen LogP contribution in [0, 0.1) is 4.84 Å². The maximum Gasteiger partial charge on any atom is 0.315 e. The molecule has 7 heteroatoms. The fourth-order valence-electron chi connectivity index (χ4n) is 0.876. The maximum atomic E-state index is 5.65. The van der Waals surface area contributed by atoms with Gasteiger partial charge in [0.15, 0.2) is 0 Å². The van der Waals surface area contributed by atoms with E-state index in [0.29, 0.717) is 12.5 Å². The van der Waals surface area contributed by atoms with Crippen molar-refractivity contribution in [3.05, 3.63) is 4.84 Å². The maximum absolute atomic E-state index is 5.65. The third-order valence-corrected chi connectivity index (χ3v) is 1.70. The van der Waals surface area contributed by atoms with Crippen molar-refractivity contribution in [1.29, 1.82) is 0 Å². The molecule has 0 unspecified atom stereocenters. The summed E-state index contributed by atoms with van der Waals surface area (Å²) in [4.78, 5) is 4.03. The minimum Gasteiger partial charge on any atom is -0.346 e. The number of aromatic nitrogens is 2. The first-order chi connectivity index (χ1) is 7.24. The molecule has 0 fully saturated rings. The Labute approximate surface area is 94.8 Å². The van der Waals surface area contributed by atoms with E-state index in [4.69, 9.17) is 10.4 Å². The highest BCUT2D eigenvalue weighted by molar-refractivity contribution is 7.71. The van der Waals surface area contributed by atoms with Gasteiger partial charge in [0.2, 0.25) is 0 Å². The lowest BCUT2D eigenvalue weighted by atomic mass is 10.4. The van der Waals surface area contributed by atoms with Crippen molar-refractivity contribution in [1.82, 2.24) is 15.5 Å². The van der Waals surface area contributed by atoms with Gasteiger partial charge in [-0.3, -0.25) is 5.01 Å². The second kappa shape index (κ2) is 8.39. The Balaban J connectivity index is 0.000000921. The summed E-state index contributed by atoms with van der Waals surface area (Å²) >= 11 is 4.68. The predicted molar refractivity (Wildman–Crippen MR) is 63.1 cm³/mol. The van der Waals surface area contributed by atoms with Gasteiger partial charge < -0.3 is 9.84 Å². The van der Waals surface area contributed by atoms with Gasteiger partial charge in [-0.1, -0.05) is 13.8 Å². The fraction of sp³-hybridized carbons (Fsp3) is 0.750. The van der Waals surface area contributed by atoms with E-state index in [0.717, 1.165) is 13.0 Å². The molecule has 0 spiro atoms. The van der Waals surface area contributed by atoms with Gasteiger partial charge in [-0.25, -0.2) is 5.84 Å². The smallest absolute Gasteiger partial charge is 0.315 e. The number of nitrogens with zero attached hydrogens (tertiary/aromatic N) is 2. The normalized spacial score (nSPS) is 9.33. The molecule has 1 aromatic rings. The average Bonchev–Trinajstić information content (AvgIpc) is 2.68. The first-order valence-corrected chi connectivity index (χ1v) is 5.37. The van der Waals surface area contributed by atoms with Crippen LogP contribution in [0.1, 0.15) is 20.3 Å². The van der Waals surface area contributed by atoms with Crippen molar-refractivity contribution in [2.24, 2.45) is 5.84 Å². The highest BCUT2D eigenvalue weighted by Crippen LogP contribution is 2.01. The van der Waals surface area contributed by atoms with Crippen LogP contribution in [0.3, 0.4) is 0 Å². The monoisotopic (exact) mass is 233 g/mol. The molecule has 0 saturated carbocycles. The van der Waals surface area contributed by atoms with Gasteiger partial charge in [0.1, 0.15) is 0 Å². The van der Waals surface area contributed by atoms with Crippen LogP contribution in [0.2, 0.25) is 0 Å². The van der Waals surface area contributed by atoms with Gasteiger partial charge in [-0.2, -0.15) is 10.1 Å². The molecule has 0 aliphatic rings. The molecule has 0 aliphatic carbocycles. The lowest BCUT2D eigenvalue weighted by molar-refractivity contribution is 0.403. The van der Waals surface area contributed by atoms with E-state index in [1.165, 1.54) is 5.01 Å². The van der Waals surface area contributed by atoms with Crippen LogP contribution in [-0.4, -0.2) is 30.3 Å². The molecule has 0 aromatic carbocycles. The standard InChI is InChI=1S/C6H13N5OS.C2H6/c1-8-3-2-4-11(7)5-9-6(13)12-10-5;1-2/h8H,2-4,7H2,1H3,(H,9,10,13);1-2H3. The van der Waals surface area contributed by atoms with E-state index >= 15 is 0 Å². The Morgan fingerprint density at radius 3 is 2.73 bits per heavy atom. The van der Waals surface area contributed by atoms with E-state index in [2.05, 4.69) is 27.7 Å². The number of hydrogen-bond donors (Lipinski definition) is 3. The van der Waals surface area contributed by atoms with Crippen molar-refractivity contribution in [3.8, 4) is 0 Å². The minimum atomic E-state index is 0.166. The van der Waals surface area contributed by atoms with Gasteiger partial charge in [0, 0.05) is 6.54 Å². The fourth-order valence-corrected chi connectivity index (χ4v) is 1.00. The topological polar surface area (TPSA) is 83.1 Å². The molecule has 4 N–H and O–H groups in total. The first kappa shape index (κ1) is 14.1. The number of rotatable bonds is 5. The third-order valence-electron chi connectivity index (χ3n) is 1.52. The predicted octanol–water partition coefficient (Wildman–Crippen LogP) is 1.05. The molecule has 0 radical (unpaired) electrons. The molecule has 15 heavy (non-hydrogen) atoms. The summed E-state index contributed by atoms with van der Waals surface area (Å²) in [6, 6.07) is 0. The number of anilines is 1. The molecule has 1 aromatic heterocycles. The van der Waals surface area contributed by atoms with Gasteiger partial charge in [-0.15, -0.1) is 0 Å². The molecule has 1 rings (SSSR count). The van der Waals surface area contributed by atoms with Crippen LogP contribution in [0.15, 0.2) is 4.52 Å². The van der Waals surface area contributed by atoms with Crippen molar-refractivity contribution >= 4 is 18.2 Å². The zero-order chi connectivity index (χ0) is 11.7. The third kappa shape index (κ3) is 5.50. The highest BCUT2D eigenvalue weighted by Gasteiger charge is 2.04. The number of H-pyrrole nitrogens is 1. The molecule has 1 heterocycles. The van der Waals surface area contributed by atoms with Crippen molar-refractivity contribution in [3.63, 3.8) is 0 Å². The number of aromatic amines is 1. The Bertz CT molecular complexity index is 297. The largest absolute Gasteiger partial charge is 0.346 e. The molecule has 0 amide bonds. The Morgan fingerprint density at radius 2 is 2.27 bits per heavy atom.